The lowest BCUT2D eigenvalue weighted by Crippen LogP contribution is -2.18. The normalized spacial score (nSPS) is 14.4. The molecule has 1 aliphatic carbocycles. The third kappa shape index (κ3) is 3.44. The molecule has 1 saturated carbocycles. The van der Waals surface area contributed by atoms with Gasteiger partial charge in [-0.2, -0.15) is 5.10 Å². The second-order valence-corrected chi connectivity index (χ2v) is 7.02. The van der Waals surface area contributed by atoms with Crippen molar-refractivity contribution in [3.05, 3.63) is 47.9 Å². The number of H-pyrrole nitrogens is 1. The van der Waals surface area contributed by atoms with Gasteiger partial charge in [0.15, 0.2) is 5.69 Å². The molecule has 0 bridgehead atoms. The molecule has 1 aliphatic rings. The van der Waals surface area contributed by atoms with Crippen LogP contribution in [0.15, 0.2) is 36.5 Å². The van der Waals surface area contributed by atoms with E-state index in [0.29, 0.717) is 11.6 Å². The predicted molar refractivity (Wildman–Crippen MR) is 99.0 cm³/mol. The molecule has 0 saturated heterocycles. The molecular formula is C19H23N5O. The lowest BCUT2D eigenvalue weighted by atomic mass is 10.2. The molecule has 130 valence electrons. The number of hydrogen-bond acceptors (Lipinski definition) is 3. The number of nitrogens with zero attached hydrogens (tertiary/aromatic N) is 3. The smallest absolute Gasteiger partial charge is 0.276 e. The molecule has 1 aromatic carbocycles. The van der Waals surface area contributed by atoms with Crippen LogP contribution in [0, 0.1) is 0 Å². The number of hydrogen-bond donors (Lipinski definition) is 2. The summed E-state index contributed by atoms with van der Waals surface area (Å²) in [5.74, 6) is 0.388. The van der Waals surface area contributed by atoms with Crippen molar-refractivity contribution in [2.75, 3.05) is 26.0 Å². The minimum Gasteiger partial charge on any atom is -0.346 e. The van der Waals surface area contributed by atoms with E-state index in [-0.39, 0.29) is 5.91 Å². The van der Waals surface area contributed by atoms with Crippen molar-refractivity contribution in [2.45, 2.75) is 25.3 Å². The summed E-state index contributed by atoms with van der Waals surface area (Å²) in [6.45, 7) is 1.88. The first kappa shape index (κ1) is 15.9. The van der Waals surface area contributed by atoms with Crippen LogP contribution in [0.4, 0.5) is 5.69 Å². The standard InChI is InChI=1S/C19H23N5O/c1-23(2)9-10-24-8-7-14-5-6-15(11-18(14)24)20-19(25)17-12-16(21-22-17)13-3-4-13/h5-8,11-13H,3-4,9-10H2,1-2H3,(H,20,25)(H,21,22). The molecule has 2 heterocycles. The minimum atomic E-state index is -0.172. The van der Waals surface area contributed by atoms with Crippen LogP contribution in [0.5, 0.6) is 0 Å². The summed E-state index contributed by atoms with van der Waals surface area (Å²) in [5.41, 5.74) is 3.43. The Labute approximate surface area is 146 Å². The van der Waals surface area contributed by atoms with Gasteiger partial charge in [-0.25, -0.2) is 0 Å². The Hall–Kier alpha value is -2.60. The fraction of sp³-hybridized carbons (Fsp3) is 0.368. The Morgan fingerprint density at radius 1 is 1.32 bits per heavy atom. The molecule has 4 rings (SSSR count). The molecule has 0 aliphatic heterocycles. The maximum Gasteiger partial charge on any atom is 0.276 e. The number of aromatic nitrogens is 3. The van der Waals surface area contributed by atoms with Gasteiger partial charge in [-0.3, -0.25) is 9.89 Å². The fourth-order valence-corrected chi connectivity index (χ4v) is 3.02. The number of amides is 1. The van der Waals surface area contributed by atoms with Gasteiger partial charge in [-0.1, -0.05) is 6.07 Å². The number of likely N-dealkylation sites (N-methyl/N-ethyl adjacent to an activating group) is 1. The number of fused-ring (bicyclic) bond motifs is 1. The first-order valence-corrected chi connectivity index (χ1v) is 8.70. The van der Waals surface area contributed by atoms with Crippen molar-refractivity contribution in [3.8, 4) is 0 Å². The SMILES string of the molecule is CN(C)CCn1ccc2ccc(NC(=O)c3cc(C4CC4)[nH]n3)cc21. The molecule has 6 nitrogen and oxygen atoms in total. The number of benzene rings is 1. The van der Waals surface area contributed by atoms with E-state index in [1.165, 1.54) is 18.2 Å². The lowest BCUT2D eigenvalue weighted by molar-refractivity contribution is 0.102. The summed E-state index contributed by atoms with van der Waals surface area (Å²) >= 11 is 0. The number of carbonyl (C=O) groups is 1. The highest BCUT2D eigenvalue weighted by Crippen LogP contribution is 2.39. The zero-order valence-electron chi connectivity index (χ0n) is 14.6. The quantitative estimate of drug-likeness (QED) is 0.726. The van der Waals surface area contributed by atoms with Gasteiger partial charge in [-0.15, -0.1) is 0 Å². The summed E-state index contributed by atoms with van der Waals surface area (Å²) in [6, 6.07) is 9.97. The third-order valence-corrected chi connectivity index (χ3v) is 4.67. The first-order chi connectivity index (χ1) is 12.1. The van der Waals surface area contributed by atoms with Crippen LogP contribution in [0.2, 0.25) is 0 Å². The van der Waals surface area contributed by atoms with Gasteiger partial charge in [0.05, 0.1) is 5.52 Å². The number of nitrogens with one attached hydrogen (secondary N) is 2. The maximum atomic E-state index is 12.4. The van der Waals surface area contributed by atoms with Gasteiger partial charge in [0.2, 0.25) is 0 Å². The van der Waals surface area contributed by atoms with Crippen molar-refractivity contribution in [1.82, 2.24) is 19.7 Å². The summed E-state index contributed by atoms with van der Waals surface area (Å²) < 4.78 is 2.21. The van der Waals surface area contributed by atoms with E-state index in [4.69, 9.17) is 0 Å². The van der Waals surface area contributed by atoms with Crippen LogP contribution in [-0.4, -0.2) is 46.2 Å². The number of rotatable bonds is 6. The highest BCUT2D eigenvalue weighted by atomic mass is 16.1. The van der Waals surface area contributed by atoms with E-state index < -0.39 is 0 Å². The maximum absolute atomic E-state index is 12.4. The summed E-state index contributed by atoms with van der Waals surface area (Å²) in [6.07, 6.45) is 4.46. The number of carbonyl (C=O) groups excluding carboxylic acids is 1. The van der Waals surface area contributed by atoms with Crippen LogP contribution < -0.4 is 5.32 Å². The molecule has 0 unspecified atom stereocenters. The molecule has 25 heavy (non-hydrogen) atoms. The summed E-state index contributed by atoms with van der Waals surface area (Å²) in [5, 5.41) is 11.3. The van der Waals surface area contributed by atoms with Gasteiger partial charge < -0.3 is 14.8 Å². The topological polar surface area (TPSA) is 65.9 Å². The monoisotopic (exact) mass is 337 g/mol. The summed E-state index contributed by atoms with van der Waals surface area (Å²) in [7, 11) is 4.13. The fourth-order valence-electron chi connectivity index (χ4n) is 3.02. The van der Waals surface area contributed by atoms with Crippen LogP contribution in [0.3, 0.4) is 0 Å². The zero-order chi connectivity index (χ0) is 17.4. The molecular weight excluding hydrogens is 314 g/mol. The average Bonchev–Trinajstić information content (AvgIpc) is 3.18. The van der Waals surface area contributed by atoms with Crippen LogP contribution in [0.25, 0.3) is 10.9 Å². The molecule has 2 N–H and O–H groups in total. The second kappa shape index (κ2) is 6.37. The molecule has 2 aromatic heterocycles. The molecule has 0 atom stereocenters. The van der Waals surface area contributed by atoms with Crippen LogP contribution in [0.1, 0.15) is 34.9 Å². The van der Waals surface area contributed by atoms with E-state index in [2.05, 4.69) is 51.3 Å². The number of anilines is 1. The second-order valence-electron chi connectivity index (χ2n) is 7.02. The average molecular weight is 337 g/mol. The Morgan fingerprint density at radius 2 is 2.16 bits per heavy atom. The van der Waals surface area contributed by atoms with E-state index in [1.54, 1.807) is 0 Å². The van der Waals surface area contributed by atoms with Gasteiger partial charge in [-0.05, 0) is 56.6 Å². The van der Waals surface area contributed by atoms with Gasteiger partial charge in [0.25, 0.3) is 5.91 Å². The Kier molecular flexibility index (Phi) is 4.05. The van der Waals surface area contributed by atoms with Gasteiger partial charge >= 0.3 is 0 Å². The molecule has 0 spiro atoms. The first-order valence-electron chi connectivity index (χ1n) is 8.70. The van der Waals surface area contributed by atoms with E-state index in [9.17, 15) is 4.79 Å². The van der Waals surface area contributed by atoms with E-state index in [1.807, 2.05) is 24.3 Å². The van der Waals surface area contributed by atoms with E-state index in [0.717, 1.165) is 30.0 Å². The number of aromatic amines is 1. The molecule has 0 radical (unpaired) electrons. The van der Waals surface area contributed by atoms with Crippen LogP contribution >= 0.6 is 0 Å². The van der Waals surface area contributed by atoms with Crippen molar-refractivity contribution in [2.24, 2.45) is 0 Å². The van der Waals surface area contributed by atoms with Crippen molar-refractivity contribution >= 4 is 22.5 Å². The largest absolute Gasteiger partial charge is 0.346 e. The minimum absolute atomic E-state index is 0.172. The lowest BCUT2D eigenvalue weighted by Gasteiger charge is -2.12. The van der Waals surface area contributed by atoms with Crippen molar-refractivity contribution < 1.29 is 4.79 Å². The van der Waals surface area contributed by atoms with Gasteiger partial charge in [0, 0.05) is 36.6 Å². The van der Waals surface area contributed by atoms with Gasteiger partial charge in [0.1, 0.15) is 0 Å². The molecule has 1 amide bonds. The molecule has 6 heteroatoms. The highest BCUT2D eigenvalue weighted by Gasteiger charge is 2.26. The predicted octanol–water partition coefficient (Wildman–Crippen LogP) is 3.06. The Bertz CT molecular complexity index is 904. The highest BCUT2D eigenvalue weighted by molar-refractivity contribution is 6.03. The van der Waals surface area contributed by atoms with Crippen LogP contribution in [-0.2, 0) is 6.54 Å². The molecule has 1 fully saturated rings. The zero-order valence-corrected chi connectivity index (χ0v) is 14.6. The Morgan fingerprint density at radius 3 is 2.92 bits per heavy atom. The molecule has 3 aromatic rings. The third-order valence-electron chi connectivity index (χ3n) is 4.67. The summed E-state index contributed by atoms with van der Waals surface area (Å²) in [4.78, 5) is 14.6. The van der Waals surface area contributed by atoms with Crippen molar-refractivity contribution in [1.29, 1.82) is 0 Å². The van der Waals surface area contributed by atoms with Crippen molar-refractivity contribution in [3.63, 3.8) is 0 Å². The Balaban J connectivity index is 1.51. The van der Waals surface area contributed by atoms with E-state index >= 15 is 0 Å².